The lowest BCUT2D eigenvalue weighted by Crippen LogP contribution is -2.50. The Bertz CT molecular complexity index is 1080. The van der Waals surface area contributed by atoms with Crippen molar-refractivity contribution in [2.24, 2.45) is 0 Å². The van der Waals surface area contributed by atoms with Crippen molar-refractivity contribution in [1.82, 2.24) is 30.2 Å². The summed E-state index contributed by atoms with van der Waals surface area (Å²) in [6.45, 7) is -1.45. The summed E-state index contributed by atoms with van der Waals surface area (Å²) in [6.07, 6.45) is 1.51. The summed E-state index contributed by atoms with van der Waals surface area (Å²) in [7, 11) is 1.42. The molecule has 1 aliphatic rings. The minimum Gasteiger partial charge on any atom is -0.345 e. The van der Waals surface area contributed by atoms with Crippen molar-refractivity contribution < 1.29 is 22.4 Å². The van der Waals surface area contributed by atoms with Crippen LogP contribution in [0.5, 0.6) is 0 Å². The topological polar surface area (TPSA) is 99.7 Å². The van der Waals surface area contributed by atoms with E-state index >= 15 is 0 Å². The Morgan fingerprint density at radius 1 is 1.31 bits per heavy atom. The highest BCUT2D eigenvalue weighted by atomic mass is 19.4. The molecule has 1 aliphatic carbocycles. The molecule has 29 heavy (non-hydrogen) atoms. The Balaban J connectivity index is 1.65. The minimum atomic E-state index is -4.53. The quantitative estimate of drug-likeness (QED) is 0.627. The van der Waals surface area contributed by atoms with Crippen LogP contribution in [-0.4, -0.2) is 56.1 Å². The first kappa shape index (κ1) is 19.0. The molecule has 8 nitrogen and oxygen atoms in total. The van der Waals surface area contributed by atoms with Crippen LogP contribution < -0.4 is 10.2 Å². The van der Waals surface area contributed by atoms with Crippen LogP contribution in [-0.2, 0) is 4.79 Å². The summed E-state index contributed by atoms with van der Waals surface area (Å²) in [5.41, 5.74) is -0.203. The van der Waals surface area contributed by atoms with Crippen molar-refractivity contribution in [2.45, 2.75) is 24.6 Å². The number of anilines is 1. The van der Waals surface area contributed by atoms with Crippen LogP contribution in [0.3, 0.4) is 0 Å². The number of likely N-dealkylation sites (N-methyl/N-ethyl adjacent to an activating group) is 1. The number of carbonyl (C=O) groups excluding carboxylic acids is 1. The van der Waals surface area contributed by atoms with Gasteiger partial charge in [-0.2, -0.15) is 13.2 Å². The van der Waals surface area contributed by atoms with E-state index in [0.29, 0.717) is 16.6 Å². The van der Waals surface area contributed by atoms with E-state index in [1.807, 2.05) is 5.32 Å². The van der Waals surface area contributed by atoms with Crippen molar-refractivity contribution in [3.05, 3.63) is 30.7 Å². The monoisotopic (exact) mass is 409 g/mol. The maximum Gasteiger partial charge on any atom is 0.405 e. The molecule has 0 radical (unpaired) electrons. The number of alkyl halides is 3. The molecule has 2 N–H and O–H groups in total. The fourth-order valence-corrected chi connectivity index (χ4v) is 3.15. The van der Waals surface area contributed by atoms with E-state index in [2.05, 4.69) is 24.9 Å². The molecule has 3 heterocycles. The van der Waals surface area contributed by atoms with E-state index in [0.717, 1.165) is 6.20 Å². The first-order chi connectivity index (χ1) is 13.7. The number of aromatic nitrogens is 5. The Morgan fingerprint density at radius 3 is 2.76 bits per heavy atom. The summed E-state index contributed by atoms with van der Waals surface area (Å²) < 4.78 is 51.7. The number of hydrogen-bond acceptors (Lipinski definition) is 6. The van der Waals surface area contributed by atoms with Gasteiger partial charge in [0.25, 0.3) is 0 Å². The molecular weight excluding hydrogens is 394 g/mol. The van der Waals surface area contributed by atoms with Crippen molar-refractivity contribution in [1.29, 1.82) is 0 Å². The molecule has 0 atom stereocenters. The first-order valence-corrected chi connectivity index (χ1v) is 8.60. The van der Waals surface area contributed by atoms with Crippen LogP contribution in [0.15, 0.2) is 24.9 Å². The van der Waals surface area contributed by atoms with E-state index in [-0.39, 0.29) is 24.5 Å². The van der Waals surface area contributed by atoms with E-state index in [4.69, 9.17) is 0 Å². The number of aromatic amines is 1. The van der Waals surface area contributed by atoms with E-state index in [9.17, 15) is 22.4 Å². The first-order valence-electron chi connectivity index (χ1n) is 8.60. The maximum absolute atomic E-state index is 14.5. The van der Waals surface area contributed by atoms with Gasteiger partial charge in [0.1, 0.15) is 24.1 Å². The van der Waals surface area contributed by atoms with Gasteiger partial charge >= 0.3 is 6.18 Å². The third-order valence-electron chi connectivity index (χ3n) is 4.88. The predicted molar refractivity (Wildman–Crippen MR) is 94.3 cm³/mol. The molecule has 0 saturated heterocycles. The molecule has 12 heteroatoms. The second kappa shape index (κ2) is 6.64. The maximum atomic E-state index is 14.5. The zero-order valence-electron chi connectivity index (χ0n) is 15.1. The average Bonchev–Trinajstić information content (AvgIpc) is 3.39. The van der Waals surface area contributed by atoms with Crippen LogP contribution in [0.25, 0.3) is 22.4 Å². The summed E-state index contributed by atoms with van der Waals surface area (Å²) in [5, 5.41) is 2.49. The summed E-state index contributed by atoms with van der Waals surface area (Å²) in [6, 6.07) is 0. The SMILES string of the molecule is CN(c1nc(-c2c[nH]c3ncncc23)ncc1F)C1(C(=O)NCC(F)(F)F)CC1. The summed E-state index contributed by atoms with van der Waals surface area (Å²) >= 11 is 0. The predicted octanol–water partition coefficient (Wildman–Crippen LogP) is 2.20. The number of fused-ring (bicyclic) bond motifs is 1. The van der Waals surface area contributed by atoms with Gasteiger partial charge in [-0.1, -0.05) is 0 Å². The smallest absolute Gasteiger partial charge is 0.345 e. The molecule has 0 aliphatic heterocycles. The summed E-state index contributed by atoms with van der Waals surface area (Å²) in [5.74, 6) is -1.62. The lowest BCUT2D eigenvalue weighted by molar-refractivity contribution is -0.139. The van der Waals surface area contributed by atoms with E-state index < -0.39 is 30.0 Å². The fourth-order valence-electron chi connectivity index (χ4n) is 3.15. The molecule has 3 aromatic heterocycles. The number of nitrogens with one attached hydrogen (secondary N) is 2. The number of rotatable bonds is 5. The van der Waals surface area contributed by atoms with E-state index in [1.54, 1.807) is 12.4 Å². The highest BCUT2D eigenvalue weighted by Crippen LogP contribution is 2.44. The Hall–Kier alpha value is -3.31. The van der Waals surface area contributed by atoms with E-state index in [1.165, 1.54) is 18.3 Å². The second-order valence-corrected chi connectivity index (χ2v) is 6.74. The third kappa shape index (κ3) is 3.45. The number of nitrogens with zero attached hydrogens (tertiary/aromatic N) is 5. The van der Waals surface area contributed by atoms with Gasteiger partial charge < -0.3 is 15.2 Å². The number of amides is 1. The summed E-state index contributed by atoms with van der Waals surface area (Å²) in [4.78, 5) is 32.8. The van der Waals surface area contributed by atoms with Crippen molar-refractivity contribution in [3.8, 4) is 11.4 Å². The van der Waals surface area contributed by atoms with Crippen LogP contribution in [0.1, 0.15) is 12.8 Å². The third-order valence-corrected chi connectivity index (χ3v) is 4.88. The Morgan fingerprint density at radius 2 is 2.07 bits per heavy atom. The molecule has 1 fully saturated rings. The molecule has 1 amide bonds. The van der Waals surface area contributed by atoms with Gasteiger partial charge in [-0.3, -0.25) is 4.79 Å². The van der Waals surface area contributed by atoms with Crippen LogP contribution in [0.2, 0.25) is 0 Å². The van der Waals surface area contributed by atoms with Crippen LogP contribution in [0.4, 0.5) is 23.4 Å². The van der Waals surface area contributed by atoms with Gasteiger partial charge in [0.2, 0.25) is 5.91 Å². The lowest BCUT2D eigenvalue weighted by atomic mass is 10.2. The van der Waals surface area contributed by atoms with Gasteiger partial charge in [-0.25, -0.2) is 24.3 Å². The highest BCUT2D eigenvalue weighted by molar-refractivity contribution is 5.93. The molecule has 0 bridgehead atoms. The second-order valence-electron chi connectivity index (χ2n) is 6.74. The van der Waals surface area contributed by atoms with Crippen molar-refractivity contribution in [3.63, 3.8) is 0 Å². The largest absolute Gasteiger partial charge is 0.405 e. The molecular formula is C17H15F4N7O. The number of carbonyl (C=O) groups is 1. The Kier molecular flexibility index (Phi) is 4.35. The van der Waals surface area contributed by atoms with Crippen molar-refractivity contribution in [2.75, 3.05) is 18.5 Å². The standard InChI is InChI=1S/C17H15F4N7O/c1-28(16(2-3-16)15(29)25-7-17(19,20)21)14-11(18)6-24-13(27-14)10-5-23-12-9(10)4-22-8-26-12/h4-6,8H,2-3,7H2,1H3,(H,25,29)(H,22,23,26). The lowest BCUT2D eigenvalue weighted by Gasteiger charge is -2.28. The molecule has 0 unspecified atom stereocenters. The van der Waals surface area contributed by atoms with Gasteiger partial charge in [-0.05, 0) is 12.8 Å². The van der Waals surface area contributed by atoms with Crippen LogP contribution >= 0.6 is 0 Å². The normalized spacial score (nSPS) is 15.3. The van der Waals surface area contributed by atoms with Gasteiger partial charge in [0.05, 0.1) is 6.20 Å². The molecule has 0 aromatic carbocycles. The molecule has 4 rings (SSSR count). The highest BCUT2D eigenvalue weighted by Gasteiger charge is 2.55. The number of H-pyrrole nitrogens is 1. The van der Waals surface area contributed by atoms with Crippen molar-refractivity contribution >= 4 is 22.8 Å². The number of hydrogen-bond donors (Lipinski definition) is 2. The minimum absolute atomic E-state index is 0.167. The number of halogens is 4. The Labute approximate surface area is 161 Å². The van der Waals surface area contributed by atoms with Gasteiger partial charge in [-0.15, -0.1) is 0 Å². The molecule has 152 valence electrons. The van der Waals surface area contributed by atoms with Gasteiger partial charge in [0, 0.05) is 30.4 Å². The molecule has 3 aromatic rings. The molecule has 1 saturated carbocycles. The van der Waals surface area contributed by atoms with Crippen LogP contribution in [0, 0.1) is 5.82 Å². The van der Waals surface area contributed by atoms with Gasteiger partial charge in [0.15, 0.2) is 17.5 Å². The molecule has 0 spiro atoms. The zero-order valence-corrected chi connectivity index (χ0v) is 15.1. The fraction of sp³-hybridized carbons (Fsp3) is 0.353. The zero-order chi connectivity index (χ0) is 20.8. The average molecular weight is 409 g/mol.